The van der Waals surface area contributed by atoms with Crippen LogP contribution >= 0.6 is 15.9 Å². The summed E-state index contributed by atoms with van der Waals surface area (Å²) in [6.07, 6.45) is 1.35. The molecule has 1 atom stereocenters. The summed E-state index contributed by atoms with van der Waals surface area (Å²) in [5, 5.41) is 11.9. The monoisotopic (exact) mass is 340 g/mol. The molecular weight excluding hydrogens is 324 g/mol. The van der Waals surface area contributed by atoms with Crippen molar-refractivity contribution in [3.05, 3.63) is 28.2 Å². The first kappa shape index (κ1) is 14.8. The molecule has 0 bridgehead atoms. The third-order valence-corrected chi connectivity index (χ3v) is 4.08. The first-order valence-corrected chi connectivity index (χ1v) is 7.31. The van der Waals surface area contributed by atoms with E-state index in [1.165, 1.54) is 0 Å². The molecule has 1 aromatic rings. The quantitative estimate of drug-likeness (QED) is 0.869. The molecule has 1 aromatic carbocycles. The number of carboxylic acid groups (broad SMARTS) is 1. The molecule has 0 unspecified atom stereocenters. The highest BCUT2D eigenvalue weighted by Crippen LogP contribution is 2.24. The topological polar surface area (TPSA) is 69.6 Å². The van der Waals surface area contributed by atoms with Crippen LogP contribution in [0, 0.1) is 12.8 Å². The molecule has 0 spiro atoms. The van der Waals surface area contributed by atoms with Crippen molar-refractivity contribution in [2.75, 3.05) is 18.4 Å². The van der Waals surface area contributed by atoms with Crippen LogP contribution in [0.2, 0.25) is 0 Å². The predicted molar refractivity (Wildman–Crippen MR) is 79.8 cm³/mol. The van der Waals surface area contributed by atoms with E-state index >= 15 is 0 Å². The maximum atomic E-state index is 12.2. The first-order chi connectivity index (χ1) is 9.47. The standard InChI is InChI=1S/C14H17BrN2O3/c1-9-4-5-12(11(15)7-9)16-14(20)17-6-2-3-10(8-17)13(18)19/h4-5,7,10H,2-3,6,8H2,1H3,(H,16,20)(H,18,19)/t10-/m0/s1. The predicted octanol–water partition coefficient (Wildman–Crippen LogP) is 3.09. The Bertz CT molecular complexity index is 533. The van der Waals surface area contributed by atoms with Crippen LogP contribution in [0.25, 0.3) is 0 Å². The van der Waals surface area contributed by atoms with Crippen molar-refractivity contribution < 1.29 is 14.7 Å². The van der Waals surface area contributed by atoms with Crippen LogP contribution < -0.4 is 5.32 Å². The fraction of sp³-hybridized carbons (Fsp3) is 0.429. The minimum absolute atomic E-state index is 0.250. The molecule has 5 nitrogen and oxygen atoms in total. The molecule has 1 heterocycles. The van der Waals surface area contributed by atoms with E-state index < -0.39 is 11.9 Å². The zero-order chi connectivity index (χ0) is 14.7. The number of carbonyl (C=O) groups excluding carboxylic acids is 1. The molecular formula is C14H17BrN2O3. The third-order valence-electron chi connectivity index (χ3n) is 3.42. The van der Waals surface area contributed by atoms with E-state index in [1.807, 2.05) is 25.1 Å². The minimum Gasteiger partial charge on any atom is -0.481 e. The summed E-state index contributed by atoms with van der Waals surface area (Å²) in [7, 11) is 0. The molecule has 0 radical (unpaired) electrons. The molecule has 1 saturated heterocycles. The first-order valence-electron chi connectivity index (χ1n) is 6.52. The molecule has 2 rings (SSSR count). The van der Waals surface area contributed by atoms with E-state index in [2.05, 4.69) is 21.2 Å². The number of hydrogen-bond acceptors (Lipinski definition) is 2. The number of halogens is 1. The van der Waals surface area contributed by atoms with Crippen molar-refractivity contribution in [3.63, 3.8) is 0 Å². The van der Waals surface area contributed by atoms with Crippen molar-refractivity contribution in [3.8, 4) is 0 Å². The minimum atomic E-state index is -0.834. The third kappa shape index (κ3) is 3.50. The lowest BCUT2D eigenvalue weighted by Gasteiger charge is -2.30. The molecule has 6 heteroatoms. The lowest BCUT2D eigenvalue weighted by atomic mass is 9.99. The number of likely N-dealkylation sites (tertiary alicyclic amines) is 1. The molecule has 108 valence electrons. The van der Waals surface area contributed by atoms with E-state index in [1.54, 1.807) is 4.90 Å². The van der Waals surface area contributed by atoms with Gasteiger partial charge in [-0.2, -0.15) is 0 Å². The van der Waals surface area contributed by atoms with Crippen molar-refractivity contribution in [2.45, 2.75) is 19.8 Å². The maximum Gasteiger partial charge on any atom is 0.321 e. The number of aliphatic carboxylic acids is 1. The Balaban J connectivity index is 2.02. The number of nitrogens with one attached hydrogen (secondary N) is 1. The van der Waals surface area contributed by atoms with Gasteiger partial charge >= 0.3 is 12.0 Å². The number of carbonyl (C=O) groups is 2. The molecule has 1 fully saturated rings. The molecule has 20 heavy (non-hydrogen) atoms. The number of aryl methyl sites for hydroxylation is 1. The van der Waals surface area contributed by atoms with Crippen molar-refractivity contribution in [2.24, 2.45) is 5.92 Å². The largest absolute Gasteiger partial charge is 0.481 e. The average Bonchev–Trinajstić information content (AvgIpc) is 2.42. The Morgan fingerprint density at radius 2 is 2.20 bits per heavy atom. The van der Waals surface area contributed by atoms with Gasteiger partial charge in [-0.05, 0) is 53.4 Å². The molecule has 0 aliphatic carbocycles. The summed E-state index contributed by atoms with van der Waals surface area (Å²) in [4.78, 5) is 24.7. The number of rotatable bonds is 2. The van der Waals surface area contributed by atoms with Crippen LogP contribution in [0.4, 0.5) is 10.5 Å². The van der Waals surface area contributed by atoms with Gasteiger partial charge in [0.15, 0.2) is 0 Å². The van der Waals surface area contributed by atoms with E-state index in [9.17, 15) is 9.59 Å². The Kier molecular flexibility index (Phi) is 4.65. The lowest BCUT2D eigenvalue weighted by Crippen LogP contribution is -2.44. The van der Waals surface area contributed by atoms with Crippen molar-refractivity contribution in [1.29, 1.82) is 0 Å². The zero-order valence-electron chi connectivity index (χ0n) is 11.2. The van der Waals surface area contributed by atoms with Crippen LogP contribution in [0.15, 0.2) is 22.7 Å². The van der Waals surface area contributed by atoms with Gasteiger partial charge in [-0.15, -0.1) is 0 Å². The summed E-state index contributed by atoms with van der Waals surface area (Å²) in [5.74, 6) is -1.30. The van der Waals surface area contributed by atoms with Crippen molar-refractivity contribution >= 4 is 33.6 Å². The molecule has 1 aliphatic rings. The van der Waals surface area contributed by atoms with Crippen LogP contribution in [-0.4, -0.2) is 35.1 Å². The molecule has 0 saturated carbocycles. The molecule has 0 aromatic heterocycles. The van der Waals surface area contributed by atoms with Gasteiger partial charge in [0, 0.05) is 17.6 Å². The van der Waals surface area contributed by atoms with Crippen LogP contribution in [0.1, 0.15) is 18.4 Å². The number of anilines is 1. The van der Waals surface area contributed by atoms with Gasteiger partial charge in [-0.3, -0.25) is 4.79 Å². The number of benzene rings is 1. The number of piperidine rings is 1. The highest BCUT2D eigenvalue weighted by Gasteiger charge is 2.28. The smallest absolute Gasteiger partial charge is 0.321 e. The fourth-order valence-electron chi connectivity index (χ4n) is 2.28. The summed E-state index contributed by atoms with van der Waals surface area (Å²) in [5.41, 5.74) is 1.79. The highest BCUT2D eigenvalue weighted by molar-refractivity contribution is 9.10. The van der Waals surface area contributed by atoms with Crippen molar-refractivity contribution in [1.82, 2.24) is 4.90 Å². The molecule has 1 aliphatic heterocycles. The fourth-order valence-corrected chi connectivity index (χ4v) is 2.87. The number of amides is 2. The van der Waals surface area contributed by atoms with Gasteiger partial charge in [0.1, 0.15) is 0 Å². The maximum absolute atomic E-state index is 12.2. The Morgan fingerprint density at radius 1 is 1.45 bits per heavy atom. The van der Waals surface area contributed by atoms with Gasteiger partial charge in [-0.25, -0.2) is 4.79 Å². The SMILES string of the molecule is Cc1ccc(NC(=O)N2CCC[C@H](C(=O)O)C2)c(Br)c1. The number of hydrogen-bond donors (Lipinski definition) is 2. The van der Waals surface area contributed by atoms with Gasteiger partial charge in [0.05, 0.1) is 11.6 Å². The summed E-state index contributed by atoms with van der Waals surface area (Å²) >= 11 is 3.41. The van der Waals surface area contributed by atoms with Crippen LogP contribution in [-0.2, 0) is 4.79 Å². The number of urea groups is 1. The van der Waals surface area contributed by atoms with E-state index in [-0.39, 0.29) is 12.6 Å². The van der Waals surface area contributed by atoms with E-state index in [4.69, 9.17) is 5.11 Å². The Labute approximate surface area is 126 Å². The normalized spacial score (nSPS) is 18.7. The Hall–Kier alpha value is -1.56. The number of carboxylic acids is 1. The second-order valence-corrected chi connectivity index (χ2v) is 5.89. The lowest BCUT2D eigenvalue weighted by molar-refractivity contribution is -0.143. The summed E-state index contributed by atoms with van der Waals surface area (Å²) in [6.45, 7) is 2.84. The molecule has 2 amide bonds. The second-order valence-electron chi connectivity index (χ2n) is 5.04. The second kappa shape index (κ2) is 6.26. The van der Waals surface area contributed by atoms with Crippen LogP contribution in [0.5, 0.6) is 0 Å². The highest BCUT2D eigenvalue weighted by atomic mass is 79.9. The van der Waals surface area contributed by atoms with Gasteiger partial charge in [0.2, 0.25) is 0 Å². The zero-order valence-corrected chi connectivity index (χ0v) is 12.8. The summed E-state index contributed by atoms with van der Waals surface area (Å²) < 4.78 is 0.817. The van der Waals surface area contributed by atoms with Gasteiger partial charge in [0.25, 0.3) is 0 Å². The number of nitrogens with zero attached hydrogens (tertiary/aromatic N) is 1. The van der Waals surface area contributed by atoms with Gasteiger partial charge in [-0.1, -0.05) is 6.07 Å². The van der Waals surface area contributed by atoms with Crippen LogP contribution in [0.3, 0.4) is 0 Å². The summed E-state index contributed by atoms with van der Waals surface area (Å²) in [6, 6.07) is 5.42. The average molecular weight is 341 g/mol. The van der Waals surface area contributed by atoms with Gasteiger partial charge < -0.3 is 15.3 Å². The van der Waals surface area contributed by atoms with E-state index in [0.717, 1.165) is 16.5 Å². The molecule has 2 N–H and O–H groups in total. The Morgan fingerprint density at radius 3 is 2.85 bits per heavy atom. The van der Waals surface area contributed by atoms with E-state index in [0.29, 0.717) is 18.7 Å².